The van der Waals surface area contributed by atoms with Crippen LogP contribution in [-0.2, 0) is 22.6 Å². The molecule has 0 radical (unpaired) electrons. The number of hydrogen-bond acceptors (Lipinski definition) is 3. The summed E-state index contributed by atoms with van der Waals surface area (Å²) in [5.74, 6) is 1.15. The Bertz CT molecular complexity index is 586. The number of likely N-dealkylation sites (tertiary alicyclic amines) is 1. The first-order chi connectivity index (χ1) is 11.2. The van der Waals surface area contributed by atoms with Gasteiger partial charge in [0.1, 0.15) is 5.75 Å². The van der Waals surface area contributed by atoms with Gasteiger partial charge in [-0.15, -0.1) is 0 Å². The van der Waals surface area contributed by atoms with Crippen molar-refractivity contribution in [1.82, 2.24) is 10.2 Å². The van der Waals surface area contributed by atoms with Gasteiger partial charge in [0, 0.05) is 38.9 Å². The summed E-state index contributed by atoms with van der Waals surface area (Å²) >= 11 is 0. The Morgan fingerprint density at radius 3 is 3.04 bits per heavy atom. The molecule has 2 aliphatic rings. The number of hydrogen-bond donors (Lipinski definition) is 1. The van der Waals surface area contributed by atoms with E-state index >= 15 is 0 Å². The number of nitrogens with zero attached hydrogens (tertiary/aromatic N) is 1. The highest BCUT2D eigenvalue weighted by atomic mass is 16.5. The molecule has 0 spiro atoms. The molecule has 23 heavy (non-hydrogen) atoms. The van der Waals surface area contributed by atoms with Crippen molar-refractivity contribution >= 4 is 11.8 Å². The number of nitrogens with one attached hydrogen (secondary N) is 1. The number of carbonyl (C=O) groups is 2. The maximum atomic E-state index is 12.0. The molecule has 1 saturated heterocycles. The zero-order chi connectivity index (χ0) is 16.1. The Balaban J connectivity index is 1.43. The Morgan fingerprint density at radius 1 is 1.22 bits per heavy atom. The van der Waals surface area contributed by atoms with E-state index in [0.717, 1.165) is 50.1 Å². The van der Waals surface area contributed by atoms with Crippen LogP contribution in [0.3, 0.4) is 0 Å². The van der Waals surface area contributed by atoms with Crippen molar-refractivity contribution in [3.05, 3.63) is 29.3 Å². The lowest BCUT2D eigenvalue weighted by molar-refractivity contribution is -0.131. The van der Waals surface area contributed by atoms with Gasteiger partial charge < -0.3 is 15.0 Å². The second-order valence-corrected chi connectivity index (χ2v) is 6.26. The zero-order valence-electron chi connectivity index (χ0n) is 13.5. The van der Waals surface area contributed by atoms with E-state index in [2.05, 4.69) is 11.4 Å². The minimum absolute atomic E-state index is 0.00112. The molecule has 0 atom stereocenters. The van der Waals surface area contributed by atoms with E-state index in [4.69, 9.17) is 4.74 Å². The second-order valence-electron chi connectivity index (χ2n) is 6.26. The third kappa shape index (κ3) is 4.24. The number of carbonyl (C=O) groups excluding carboxylic acids is 2. The third-order valence-electron chi connectivity index (χ3n) is 4.52. The molecular formula is C18H24N2O3. The maximum Gasteiger partial charge on any atom is 0.222 e. The van der Waals surface area contributed by atoms with E-state index in [0.29, 0.717) is 25.9 Å². The topological polar surface area (TPSA) is 58.6 Å². The smallest absolute Gasteiger partial charge is 0.222 e. The molecule has 1 fully saturated rings. The highest BCUT2D eigenvalue weighted by Crippen LogP contribution is 2.25. The Morgan fingerprint density at radius 2 is 2.13 bits per heavy atom. The fourth-order valence-corrected chi connectivity index (χ4v) is 3.15. The van der Waals surface area contributed by atoms with Gasteiger partial charge >= 0.3 is 0 Å². The van der Waals surface area contributed by atoms with Crippen LogP contribution in [0.15, 0.2) is 18.2 Å². The van der Waals surface area contributed by atoms with Gasteiger partial charge in [-0.05, 0) is 30.0 Å². The Hall–Kier alpha value is -2.04. The molecule has 2 aliphatic heterocycles. The first kappa shape index (κ1) is 15.8. The van der Waals surface area contributed by atoms with Gasteiger partial charge in [-0.25, -0.2) is 0 Å². The molecular weight excluding hydrogens is 292 g/mol. The number of benzene rings is 1. The van der Waals surface area contributed by atoms with Crippen LogP contribution in [0, 0.1) is 0 Å². The Labute approximate surface area is 137 Å². The summed E-state index contributed by atoms with van der Waals surface area (Å²) in [6.45, 7) is 2.59. The molecule has 2 amide bonds. The summed E-state index contributed by atoms with van der Waals surface area (Å²) in [5, 5.41) is 2.94. The van der Waals surface area contributed by atoms with Gasteiger partial charge in [-0.2, -0.15) is 0 Å². The number of rotatable bonds is 5. The number of ether oxygens (including phenoxy) is 1. The molecule has 0 aliphatic carbocycles. The first-order valence-electron chi connectivity index (χ1n) is 8.51. The minimum atomic E-state index is -0.00112. The van der Waals surface area contributed by atoms with Crippen LogP contribution in [0.5, 0.6) is 5.75 Å². The van der Waals surface area contributed by atoms with Crippen LogP contribution in [-0.4, -0.2) is 36.4 Å². The first-order valence-corrected chi connectivity index (χ1v) is 8.51. The van der Waals surface area contributed by atoms with Crippen molar-refractivity contribution in [3.8, 4) is 5.75 Å². The van der Waals surface area contributed by atoms with E-state index in [1.54, 1.807) is 0 Å². The van der Waals surface area contributed by atoms with Gasteiger partial charge in [-0.3, -0.25) is 9.59 Å². The van der Waals surface area contributed by atoms with Crippen molar-refractivity contribution in [1.29, 1.82) is 0 Å². The van der Waals surface area contributed by atoms with E-state index < -0.39 is 0 Å². The lowest BCUT2D eigenvalue weighted by atomic mass is 10.1. The number of amides is 2. The lowest BCUT2D eigenvalue weighted by Gasteiger charge is -2.20. The van der Waals surface area contributed by atoms with Crippen LogP contribution >= 0.6 is 0 Å². The van der Waals surface area contributed by atoms with Crippen LogP contribution < -0.4 is 10.1 Å². The largest absolute Gasteiger partial charge is 0.493 e. The lowest BCUT2D eigenvalue weighted by Crippen LogP contribution is -2.34. The molecule has 0 unspecified atom stereocenters. The van der Waals surface area contributed by atoms with Crippen molar-refractivity contribution in [2.24, 2.45) is 0 Å². The van der Waals surface area contributed by atoms with E-state index in [1.807, 2.05) is 17.0 Å². The van der Waals surface area contributed by atoms with Crippen LogP contribution in [0.2, 0.25) is 0 Å². The summed E-state index contributed by atoms with van der Waals surface area (Å²) in [4.78, 5) is 25.7. The predicted molar refractivity (Wildman–Crippen MR) is 87.2 cm³/mol. The SMILES string of the molecule is O=C(CCN1CCCCCC1=O)NCc1ccc2c(c1)CCO2. The van der Waals surface area contributed by atoms with E-state index in [9.17, 15) is 9.59 Å². The molecule has 1 aromatic rings. The molecule has 5 nitrogen and oxygen atoms in total. The van der Waals surface area contributed by atoms with E-state index in [1.165, 1.54) is 5.56 Å². The molecule has 5 heteroatoms. The maximum absolute atomic E-state index is 12.0. The van der Waals surface area contributed by atoms with Crippen molar-refractivity contribution in [3.63, 3.8) is 0 Å². The molecule has 0 saturated carbocycles. The molecule has 1 N–H and O–H groups in total. The van der Waals surface area contributed by atoms with Gasteiger partial charge in [0.2, 0.25) is 11.8 Å². The molecule has 124 valence electrons. The Kier molecular flexibility index (Phi) is 5.16. The average molecular weight is 316 g/mol. The fourth-order valence-electron chi connectivity index (χ4n) is 3.15. The second kappa shape index (κ2) is 7.49. The van der Waals surface area contributed by atoms with Gasteiger partial charge in [0.05, 0.1) is 6.61 Å². The predicted octanol–water partition coefficient (Wildman–Crippen LogP) is 2.03. The molecule has 1 aromatic carbocycles. The summed E-state index contributed by atoms with van der Waals surface area (Å²) in [5.41, 5.74) is 2.31. The minimum Gasteiger partial charge on any atom is -0.493 e. The van der Waals surface area contributed by atoms with Gasteiger partial charge in [0.25, 0.3) is 0 Å². The van der Waals surface area contributed by atoms with E-state index in [-0.39, 0.29) is 11.8 Å². The summed E-state index contributed by atoms with van der Waals surface area (Å²) in [7, 11) is 0. The highest BCUT2D eigenvalue weighted by Gasteiger charge is 2.17. The number of fused-ring (bicyclic) bond motifs is 1. The highest BCUT2D eigenvalue weighted by molar-refractivity contribution is 5.79. The van der Waals surface area contributed by atoms with Crippen LogP contribution in [0.1, 0.15) is 43.2 Å². The standard InChI is InChI=1S/C18H24N2O3/c21-17(7-10-20-9-3-1-2-4-18(20)22)19-13-14-5-6-16-15(12-14)8-11-23-16/h5-6,12H,1-4,7-11,13H2,(H,19,21). The normalized spacial score (nSPS) is 17.4. The molecule has 0 bridgehead atoms. The zero-order valence-corrected chi connectivity index (χ0v) is 13.5. The van der Waals surface area contributed by atoms with Crippen molar-refractivity contribution < 1.29 is 14.3 Å². The fraction of sp³-hybridized carbons (Fsp3) is 0.556. The summed E-state index contributed by atoms with van der Waals surface area (Å²) < 4.78 is 5.48. The van der Waals surface area contributed by atoms with Crippen molar-refractivity contribution in [2.75, 3.05) is 19.7 Å². The average Bonchev–Trinajstić information content (AvgIpc) is 2.93. The molecule has 3 rings (SSSR count). The monoisotopic (exact) mass is 316 g/mol. The summed E-state index contributed by atoms with van der Waals surface area (Å²) in [6, 6.07) is 6.06. The molecule has 0 aromatic heterocycles. The third-order valence-corrected chi connectivity index (χ3v) is 4.52. The molecule has 2 heterocycles. The van der Waals surface area contributed by atoms with Crippen molar-refractivity contribution in [2.45, 2.75) is 45.1 Å². The quantitative estimate of drug-likeness (QED) is 0.904. The van der Waals surface area contributed by atoms with Gasteiger partial charge in [-0.1, -0.05) is 18.6 Å². The van der Waals surface area contributed by atoms with Crippen LogP contribution in [0.4, 0.5) is 0 Å². The van der Waals surface area contributed by atoms with Gasteiger partial charge in [0.15, 0.2) is 0 Å². The summed E-state index contributed by atoms with van der Waals surface area (Å²) in [6.07, 6.45) is 5.07. The van der Waals surface area contributed by atoms with Crippen LogP contribution in [0.25, 0.3) is 0 Å².